The Morgan fingerprint density at radius 1 is 1.50 bits per heavy atom. The molecule has 72 valence electrons. The molecule has 12 heavy (non-hydrogen) atoms. The van der Waals surface area contributed by atoms with Crippen molar-refractivity contribution >= 4 is 5.91 Å². The van der Waals surface area contributed by atoms with Crippen molar-refractivity contribution in [1.29, 1.82) is 0 Å². The van der Waals surface area contributed by atoms with E-state index < -0.39 is 6.29 Å². The average Bonchev–Trinajstić information content (AvgIpc) is 2.06. The third kappa shape index (κ3) is 3.66. The fraction of sp³-hybridized carbons (Fsp3) is 0.857. The highest BCUT2D eigenvalue weighted by Crippen LogP contribution is 1.97. The van der Waals surface area contributed by atoms with Crippen LogP contribution in [-0.4, -0.2) is 39.0 Å². The molecule has 0 rings (SSSR count). The predicted molar refractivity (Wildman–Crippen MR) is 44.5 cm³/mol. The first-order valence-corrected chi connectivity index (χ1v) is 3.70. The summed E-state index contributed by atoms with van der Waals surface area (Å²) in [6.07, 6.45) is -0.430. The van der Waals surface area contributed by atoms with E-state index in [1.807, 2.05) is 0 Å². The molecule has 0 radical (unpaired) electrons. The van der Waals surface area contributed by atoms with Crippen LogP contribution in [0.5, 0.6) is 0 Å². The molecular formula is C7H16N2O3. The second kappa shape index (κ2) is 5.93. The maximum absolute atomic E-state index is 10.8. The van der Waals surface area contributed by atoms with Gasteiger partial charge in [-0.3, -0.25) is 4.79 Å². The van der Waals surface area contributed by atoms with Crippen molar-refractivity contribution in [3.05, 3.63) is 0 Å². The average molecular weight is 176 g/mol. The van der Waals surface area contributed by atoms with Crippen molar-refractivity contribution in [3.63, 3.8) is 0 Å². The summed E-state index contributed by atoms with van der Waals surface area (Å²) in [5, 5.41) is 2.62. The fourth-order valence-corrected chi connectivity index (χ4v) is 0.885. The highest BCUT2D eigenvalue weighted by atomic mass is 16.7. The smallest absolute Gasteiger partial charge is 0.234 e. The summed E-state index contributed by atoms with van der Waals surface area (Å²) in [5.41, 5.74) is 5.11. The third-order valence-corrected chi connectivity index (χ3v) is 1.45. The van der Waals surface area contributed by atoms with Crippen molar-refractivity contribution in [2.24, 2.45) is 5.73 Å². The Kier molecular flexibility index (Phi) is 5.61. The molecule has 1 amide bonds. The van der Waals surface area contributed by atoms with Gasteiger partial charge in [0, 0.05) is 14.2 Å². The second-order valence-corrected chi connectivity index (χ2v) is 2.40. The van der Waals surface area contributed by atoms with Crippen LogP contribution in [-0.2, 0) is 14.3 Å². The largest absolute Gasteiger partial charge is 0.354 e. The Bertz CT molecular complexity index is 137. The molecule has 0 aliphatic carbocycles. The summed E-state index contributed by atoms with van der Waals surface area (Å²) < 4.78 is 9.86. The minimum atomic E-state index is -0.430. The van der Waals surface area contributed by atoms with Gasteiger partial charge in [0.05, 0.1) is 12.6 Å². The lowest BCUT2D eigenvalue weighted by atomic mass is 10.3. The van der Waals surface area contributed by atoms with Crippen molar-refractivity contribution in [2.45, 2.75) is 19.3 Å². The van der Waals surface area contributed by atoms with Crippen LogP contribution in [0, 0.1) is 0 Å². The van der Waals surface area contributed by atoms with Crippen LogP contribution in [0.3, 0.4) is 0 Å². The van der Waals surface area contributed by atoms with Gasteiger partial charge in [0.15, 0.2) is 6.29 Å². The van der Waals surface area contributed by atoms with E-state index in [2.05, 4.69) is 5.32 Å². The molecular weight excluding hydrogens is 160 g/mol. The number of nitrogens with two attached hydrogens (primary N) is 1. The molecule has 0 aromatic rings. The van der Waals surface area contributed by atoms with Crippen molar-refractivity contribution < 1.29 is 14.3 Å². The van der Waals surface area contributed by atoms with Gasteiger partial charge in [0.2, 0.25) is 5.91 Å². The quantitative estimate of drug-likeness (QED) is 0.531. The minimum absolute atomic E-state index is 0.0233. The van der Waals surface area contributed by atoms with Gasteiger partial charge in [-0.1, -0.05) is 0 Å². The van der Waals surface area contributed by atoms with Gasteiger partial charge in [0.25, 0.3) is 0 Å². The van der Waals surface area contributed by atoms with E-state index in [9.17, 15) is 4.79 Å². The molecule has 5 nitrogen and oxygen atoms in total. The van der Waals surface area contributed by atoms with Crippen LogP contribution in [0.15, 0.2) is 0 Å². The van der Waals surface area contributed by atoms with Gasteiger partial charge in [0.1, 0.15) is 0 Å². The Balaban J connectivity index is 3.83. The van der Waals surface area contributed by atoms with Crippen LogP contribution >= 0.6 is 0 Å². The molecule has 1 unspecified atom stereocenters. The highest BCUT2D eigenvalue weighted by Gasteiger charge is 2.16. The van der Waals surface area contributed by atoms with Crippen LogP contribution < -0.4 is 11.1 Å². The summed E-state index contributed by atoms with van der Waals surface area (Å²) in [4.78, 5) is 10.8. The van der Waals surface area contributed by atoms with Gasteiger partial charge in [-0.15, -0.1) is 0 Å². The Morgan fingerprint density at radius 3 is 2.33 bits per heavy atom. The molecule has 5 heteroatoms. The van der Waals surface area contributed by atoms with E-state index in [1.165, 1.54) is 14.2 Å². The van der Waals surface area contributed by atoms with Crippen LogP contribution in [0.25, 0.3) is 0 Å². The fourth-order valence-electron chi connectivity index (χ4n) is 0.885. The van der Waals surface area contributed by atoms with E-state index >= 15 is 0 Å². The Morgan fingerprint density at radius 2 is 2.00 bits per heavy atom. The van der Waals surface area contributed by atoms with Crippen molar-refractivity contribution in [2.75, 3.05) is 20.8 Å². The van der Waals surface area contributed by atoms with Crippen molar-refractivity contribution in [3.8, 4) is 0 Å². The van der Waals surface area contributed by atoms with Crippen LogP contribution in [0.1, 0.15) is 6.92 Å². The molecule has 0 fully saturated rings. The standard InChI is InChI=1S/C7H16N2O3/c1-5(7(11-2)12-3)9-6(10)4-8/h5,7H,4,8H2,1-3H3,(H,9,10). The Hall–Kier alpha value is -0.650. The number of hydrogen-bond acceptors (Lipinski definition) is 4. The number of amides is 1. The predicted octanol–water partition coefficient (Wildman–Crippen LogP) is -0.931. The number of methoxy groups -OCH3 is 2. The van der Waals surface area contributed by atoms with Gasteiger partial charge < -0.3 is 20.5 Å². The van der Waals surface area contributed by atoms with E-state index in [0.717, 1.165) is 0 Å². The first-order chi connectivity index (χ1) is 5.65. The minimum Gasteiger partial charge on any atom is -0.354 e. The topological polar surface area (TPSA) is 73.6 Å². The second-order valence-electron chi connectivity index (χ2n) is 2.40. The van der Waals surface area contributed by atoms with Gasteiger partial charge in [-0.25, -0.2) is 0 Å². The molecule has 0 heterocycles. The van der Waals surface area contributed by atoms with E-state index in [4.69, 9.17) is 15.2 Å². The number of ether oxygens (including phenoxy) is 2. The zero-order valence-corrected chi connectivity index (χ0v) is 7.66. The molecule has 0 saturated heterocycles. The molecule has 0 aliphatic rings. The summed E-state index contributed by atoms with van der Waals surface area (Å²) in [6, 6.07) is -0.198. The van der Waals surface area contributed by atoms with E-state index in [1.54, 1.807) is 6.92 Å². The molecule has 1 atom stereocenters. The number of hydrogen-bond donors (Lipinski definition) is 2. The normalized spacial score (nSPS) is 13.1. The van der Waals surface area contributed by atoms with E-state index in [0.29, 0.717) is 0 Å². The van der Waals surface area contributed by atoms with E-state index in [-0.39, 0.29) is 18.5 Å². The molecule has 0 aliphatic heterocycles. The molecule has 3 N–H and O–H groups in total. The van der Waals surface area contributed by atoms with Gasteiger partial charge in [-0.2, -0.15) is 0 Å². The number of nitrogens with one attached hydrogen (secondary N) is 1. The zero-order valence-electron chi connectivity index (χ0n) is 7.66. The highest BCUT2D eigenvalue weighted by molar-refractivity contribution is 5.78. The summed E-state index contributed by atoms with van der Waals surface area (Å²) in [7, 11) is 3.03. The summed E-state index contributed by atoms with van der Waals surface area (Å²) in [6.45, 7) is 1.76. The van der Waals surface area contributed by atoms with Gasteiger partial charge in [-0.05, 0) is 6.92 Å². The zero-order chi connectivity index (χ0) is 9.56. The third-order valence-electron chi connectivity index (χ3n) is 1.45. The van der Waals surface area contributed by atoms with Crippen LogP contribution in [0.4, 0.5) is 0 Å². The molecule has 0 aromatic heterocycles. The summed E-state index contributed by atoms with van der Waals surface area (Å²) in [5.74, 6) is -0.221. The molecule has 0 bridgehead atoms. The lowest BCUT2D eigenvalue weighted by molar-refractivity contribution is -0.134. The number of rotatable bonds is 5. The maximum atomic E-state index is 10.8. The van der Waals surface area contributed by atoms with Crippen molar-refractivity contribution in [1.82, 2.24) is 5.32 Å². The van der Waals surface area contributed by atoms with Gasteiger partial charge >= 0.3 is 0 Å². The van der Waals surface area contributed by atoms with Crippen LogP contribution in [0.2, 0.25) is 0 Å². The first kappa shape index (κ1) is 11.4. The number of carbonyl (C=O) groups excluding carboxylic acids is 1. The maximum Gasteiger partial charge on any atom is 0.234 e. The first-order valence-electron chi connectivity index (χ1n) is 3.70. The molecule has 0 aromatic carbocycles. The molecule has 0 saturated carbocycles. The SMILES string of the molecule is COC(OC)C(C)NC(=O)CN. The Labute approximate surface area is 72.2 Å². The lowest BCUT2D eigenvalue weighted by Crippen LogP contribution is -2.45. The summed E-state index contributed by atoms with van der Waals surface area (Å²) >= 11 is 0. The number of carbonyl (C=O) groups is 1. The molecule has 0 spiro atoms. The lowest BCUT2D eigenvalue weighted by Gasteiger charge is -2.21. The monoisotopic (exact) mass is 176 g/mol.